The Labute approximate surface area is 98.7 Å². The fraction of sp³-hybridized carbons (Fsp3) is 1.00. The molecule has 0 radical (unpaired) electrons. The maximum Gasteiger partial charge on any atom is 0.0589 e. The van der Waals surface area contributed by atoms with Crippen LogP contribution in [0, 0.1) is 5.92 Å². The number of piperidine rings is 3. The van der Waals surface area contributed by atoms with E-state index in [0.29, 0.717) is 5.54 Å². The molecule has 1 unspecified atom stereocenters. The van der Waals surface area contributed by atoms with Crippen LogP contribution >= 0.6 is 0 Å². The monoisotopic (exact) mass is 224 g/mol. The molecule has 0 aromatic rings. The molecule has 92 valence electrons. The van der Waals surface area contributed by atoms with Gasteiger partial charge >= 0.3 is 0 Å². The van der Waals surface area contributed by atoms with Crippen molar-refractivity contribution in [3.05, 3.63) is 0 Å². The first-order valence-corrected chi connectivity index (χ1v) is 6.81. The highest BCUT2D eigenvalue weighted by Crippen LogP contribution is 2.45. The molecule has 1 atom stereocenters. The van der Waals surface area contributed by atoms with E-state index in [-0.39, 0.29) is 0 Å². The molecule has 0 saturated carbocycles. The van der Waals surface area contributed by atoms with E-state index in [0.717, 1.165) is 19.1 Å². The summed E-state index contributed by atoms with van der Waals surface area (Å²) >= 11 is 0. The molecule has 0 aliphatic carbocycles. The topological polar surface area (TPSA) is 15.7 Å². The van der Waals surface area contributed by atoms with Gasteiger partial charge in [0.1, 0.15) is 0 Å². The van der Waals surface area contributed by atoms with Gasteiger partial charge in [-0.25, -0.2) is 0 Å². The Hall–Kier alpha value is -0.120. The van der Waals surface area contributed by atoms with Crippen molar-refractivity contribution in [1.82, 2.24) is 9.80 Å². The highest BCUT2D eigenvalue weighted by molar-refractivity contribution is 5.07. The molecule has 16 heavy (non-hydrogen) atoms. The molecule has 4 rings (SSSR count). The predicted molar refractivity (Wildman–Crippen MR) is 64.6 cm³/mol. The Kier molecular flexibility index (Phi) is 2.94. The number of hydrogen-bond acceptors (Lipinski definition) is 3. The summed E-state index contributed by atoms with van der Waals surface area (Å²) in [4.78, 5) is 5.43. The number of ether oxygens (including phenoxy) is 1. The SMILES string of the molecule is COCCN1CCCC12CN1CCC2CC1. The molecule has 4 fully saturated rings. The molecular formula is C13H24N2O. The zero-order chi connectivity index (χ0) is 11.0. The smallest absolute Gasteiger partial charge is 0.0589 e. The minimum absolute atomic E-state index is 0.537. The molecule has 0 N–H and O–H groups in total. The molecule has 0 amide bonds. The lowest BCUT2D eigenvalue weighted by molar-refractivity contribution is -0.0565. The highest BCUT2D eigenvalue weighted by Gasteiger charge is 2.51. The minimum atomic E-state index is 0.537. The van der Waals surface area contributed by atoms with Gasteiger partial charge in [-0.15, -0.1) is 0 Å². The summed E-state index contributed by atoms with van der Waals surface area (Å²) in [6.07, 6.45) is 5.69. The first-order valence-electron chi connectivity index (χ1n) is 6.81. The van der Waals surface area contributed by atoms with Gasteiger partial charge in [0, 0.05) is 25.7 Å². The first kappa shape index (κ1) is 11.0. The predicted octanol–water partition coefficient (Wildman–Crippen LogP) is 1.19. The van der Waals surface area contributed by atoms with Crippen LogP contribution in [0.15, 0.2) is 0 Å². The van der Waals surface area contributed by atoms with Gasteiger partial charge in [0.2, 0.25) is 0 Å². The van der Waals surface area contributed by atoms with Gasteiger partial charge in [-0.1, -0.05) is 0 Å². The van der Waals surface area contributed by atoms with E-state index in [4.69, 9.17) is 4.74 Å². The molecule has 0 aromatic carbocycles. The van der Waals surface area contributed by atoms with E-state index in [1.165, 1.54) is 51.9 Å². The van der Waals surface area contributed by atoms with E-state index in [2.05, 4.69) is 9.80 Å². The lowest BCUT2D eigenvalue weighted by Crippen LogP contribution is -2.64. The van der Waals surface area contributed by atoms with Crippen LogP contribution in [0.1, 0.15) is 25.7 Å². The van der Waals surface area contributed by atoms with Gasteiger partial charge in [0.05, 0.1) is 6.61 Å². The zero-order valence-corrected chi connectivity index (χ0v) is 10.5. The molecule has 0 aromatic heterocycles. The third kappa shape index (κ3) is 1.60. The molecule has 4 aliphatic rings. The fourth-order valence-corrected chi connectivity index (χ4v) is 4.28. The van der Waals surface area contributed by atoms with Crippen LogP contribution in [-0.4, -0.2) is 61.8 Å². The van der Waals surface area contributed by atoms with E-state index in [1.807, 2.05) is 7.11 Å². The second kappa shape index (κ2) is 4.28. The second-order valence-electron chi connectivity index (χ2n) is 5.74. The number of likely N-dealkylation sites (tertiary alicyclic amines) is 1. The van der Waals surface area contributed by atoms with Gasteiger partial charge in [0.15, 0.2) is 0 Å². The number of methoxy groups -OCH3 is 1. The van der Waals surface area contributed by atoms with Crippen molar-refractivity contribution in [3.8, 4) is 0 Å². The van der Waals surface area contributed by atoms with Crippen molar-refractivity contribution >= 4 is 0 Å². The van der Waals surface area contributed by atoms with Crippen LogP contribution in [0.4, 0.5) is 0 Å². The number of hydrogen-bond donors (Lipinski definition) is 0. The van der Waals surface area contributed by atoms with Gasteiger partial charge in [0.25, 0.3) is 0 Å². The standard InChI is InChI=1S/C13H24N2O/c1-16-10-9-15-6-2-5-13(15)11-14-7-3-12(13)4-8-14/h12H,2-11H2,1H3. The summed E-state index contributed by atoms with van der Waals surface area (Å²) in [6.45, 7) is 7.37. The molecular weight excluding hydrogens is 200 g/mol. The fourth-order valence-electron chi connectivity index (χ4n) is 4.28. The summed E-state index contributed by atoms with van der Waals surface area (Å²) in [7, 11) is 1.82. The highest BCUT2D eigenvalue weighted by atomic mass is 16.5. The number of nitrogens with zero attached hydrogens (tertiary/aromatic N) is 2. The Morgan fingerprint density at radius 3 is 2.69 bits per heavy atom. The first-order chi connectivity index (χ1) is 7.85. The lowest BCUT2D eigenvalue weighted by Gasteiger charge is -2.55. The maximum atomic E-state index is 5.26. The Morgan fingerprint density at radius 1 is 1.25 bits per heavy atom. The summed E-state index contributed by atoms with van der Waals surface area (Å²) < 4.78 is 5.26. The third-order valence-electron chi connectivity index (χ3n) is 5.08. The molecule has 4 aliphatic heterocycles. The molecule has 2 bridgehead atoms. The van der Waals surface area contributed by atoms with Crippen LogP contribution < -0.4 is 0 Å². The Bertz CT molecular complexity index is 250. The van der Waals surface area contributed by atoms with Gasteiger partial charge in [-0.05, 0) is 51.2 Å². The van der Waals surface area contributed by atoms with Crippen molar-refractivity contribution in [1.29, 1.82) is 0 Å². The average Bonchev–Trinajstić information content (AvgIpc) is 2.71. The van der Waals surface area contributed by atoms with E-state index < -0.39 is 0 Å². The normalized spacial score (nSPS) is 43.3. The quantitative estimate of drug-likeness (QED) is 0.716. The van der Waals surface area contributed by atoms with E-state index in [1.54, 1.807) is 0 Å². The van der Waals surface area contributed by atoms with Gasteiger partial charge < -0.3 is 9.64 Å². The van der Waals surface area contributed by atoms with Crippen LogP contribution in [0.25, 0.3) is 0 Å². The summed E-state index contributed by atoms with van der Waals surface area (Å²) in [6, 6.07) is 0. The second-order valence-corrected chi connectivity index (χ2v) is 5.74. The van der Waals surface area contributed by atoms with E-state index in [9.17, 15) is 0 Å². The van der Waals surface area contributed by atoms with Crippen molar-refractivity contribution < 1.29 is 4.74 Å². The van der Waals surface area contributed by atoms with Crippen LogP contribution in [0.3, 0.4) is 0 Å². The average molecular weight is 224 g/mol. The number of rotatable bonds is 3. The lowest BCUT2D eigenvalue weighted by atomic mass is 9.71. The molecule has 4 heterocycles. The zero-order valence-electron chi connectivity index (χ0n) is 10.5. The van der Waals surface area contributed by atoms with Crippen LogP contribution in [-0.2, 0) is 4.74 Å². The summed E-state index contributed by atoms with van der Waals surface area (Å²) in [5.41, 5.74) is 0.537. The Morgan fingerprint density at radius 2 is 2.06 bits per heavy atom. The van der Waals surface area contributed by atoms with Gasteiger partial charge in [-0.3, -0.25) is 4.90 Å². The summed E-state index contributed by atoms with van der Waals surface area (Å²) in [5, 5.41) is 0. The third-order valence-corrected chi connectivity index (χ3v) is 5.08. The van der Waals surface area contributed by atoms with Crippen molar-refractivity contribution in [2.75, 3.05) is 46.4 Å². The molecule has 4 saturated heterocycles. The van der Waals surface area contributed by atoms with Crippen molar-refractivity contribution in [2.24, 2.45) is 5.92 Å². The summed E-state index contributed by atoms with van der Waals surface area (Å²) in [5.74, 6) is 0.969. The largest absolute Gasteiger partial charge is 0.383 e. The maximum absolute atomic E-state index is 5.26. The Balaban J connectivity index is 1.75. The van der Waals surface area contributed by atoms with E-state index >= 15 is 0 Å². The molecule has 3 nitrogen and oxygen atoms in total. The van der Waals surface area contributed by atoms with Crippen molar-refractivity contribution in [3.63, 3.8) is 0 Å². The van der Waals surface area contributed by atoms with Crippen LogP contribution in [0.2, 0.25) is 0 Å². The molecule has 1 spiro atoms. The van der Waals surface area contributed by atoms with Crippen molar-refractivity contribution in [2.45, 2.75) is 31.2 Å². The van der Waals surface area contributed by atoms with Gasteiger partial charge in [-0.2, -0.15) is 0 Å². The molecule has 3 heteroatoms. The van der Waals surface area contributed by atoms with Crippen LogP contribution in [0.5, 0.6) is 0 Å². The minimum Gasteiger partial charge on any atom is -0.383 e. The number of fused-ring (bicyclic) bond motifs is 2.